The van der Waals surface area contributed by atoms with E-state index in [0.29, 0.717) is 12.3 Å². The molecule has 4 heteroatoms. The van der Waals surface area contributed by atoms with Crippen LogP contribution in [0.3, 0.4) is 0 Å². The topological polar surface area (TPSA) is 60.0 Å². The number of hydrogen-bond donors (Lipinski definition) is 1. The van der Waals surface area contributed by atoms with Crippen LogP contribution in [0.15, 0.2) is 28.3 Å². The molecule has 1 aliphatic heterocycles. The molecular formula is C20H27N3O. The minimum atomic E-state index is 0.228. The number of ether oxygens (including phenoxy) is 1. The van der Waals surface area contributed by atoms with Gasteiger partial charge in [-0.1, -0.05) is 31.8 Å². The highest BCUT2D eigenvalue weighted by atomic mass is 16.5. The number of benzene rings is 1. The molecule has 1 aromatic carbocycles. The first-order valence-electron chi connectivity index (χ1n) is 8.80. The van der Waals surface area contributed by atoms with Gasteiger partial charge < -0.3 is 10.6 Å². The number of rotatable bonds is 5. The number of nitrogens with zero attached hydrogens (tertiary/aromatic N) is 2. The molecule has 0 radical (unpaired) electrons. The zero-order chi connectivity index (χ0) is 17.2. The zero-order valence-corrected chi connectivity index (χ0v) is 14.7. The van der Waals surface area contributed by atoms with Crippen LogP contribution in [0.25, 0.3) is 0 Å². The summed E-state index contributed by atoms with van der Waals surface area (Å²) in [5, 5.41) is 3.93. The Morgan fingerprint density at radius 3 is 2.92 bits per heavy atom. The molecule has 1 aliphatic rings. The van der Waals surface area contributed by atoms with Crippen molar-refractivity contribution in [1.29, 1.82) is 0 Å². The lowest BCUT2D eigenvalue weighted by Gasteiger charge is -2.20. The van der Waals surface area contributed by atoms with Gasteiger partial charge in [0.1, 0.15) is 5.71 Å². The molecule has 0 amide bonds. The van der Waals surface area contributed by atoms with E-state index >= 15 is 0 Å². The molecule has 0 spiro atoms. The molecule has 1 saturated heterocycles. The van der Waals surface area contributed by atoms with Gasteiger partial charge in [0.25, 0.3) is 0 Å². The van der Waals surface area contributed by atoms with E-state index in [-0.39, 0.29) is 6.10 Å². The van der Waals surface area contributed by atoms with Crippen molar-refractivity contribution in [2.75, 3.05) is 13.2 Å². The number of aryl methyl sites for hydroxylation is 1. The highest BCUT2D eigenvalue weighted by molar-refractivity contribution is 6.38. The van der Waals surface area contributed by atoms with E-state index in [1.165, 1.54) is 12.0 Å². The van der Waals surface area contributed by atoms with Gasteiger partial charge >= 0.3 is 0 Å². The van der Waals surface area contributed by atoms with Crippen molar-refractivity contribution in [3.05, 3.63) is 34.9 Å². The monoisotopic (exact) mass is 325 g/mol. The van der Waals surface area contributed by atoms with Crippen molar-refractivity contribution in [3.8, 4) is 11.8 Å². The fourth-order valence-corrected chi connectivity index (χ4v) is 2.78. The summed E-state index contributed by atoms with van der Waals surface area (Å²) in [4.78, 5) is 4.50. The molecule has 0 bridgehead atoms. The molecule has 0 saturated carbocycles. The van der Waals surface area contributed by atoms with Crippen LogP contribution in [0.1, 0.15) is 56.2 Å². The van der Waals surface area contributed by atoms with Crippen LogP contribution in [-0.4, -0.2) is 31.2 Å². The average molecular weight is 325 g/mol. The van der Waals surface area contributed by atoms with Gasteiger partial charge in [0, 0.05) is 30.4 Å². The third-order valence-electron chi connectivity index (χ3n) is 4.11. The van der Waals surface area contributed by atoms with Crippen molar-refractivity contribution in [3.63, 3.8) is 0 Å². The molecule has 1 atom stereocenters. The Kier molecular flexibility index (Phi) is 7.51. The SMILES string of the molecule is CCC#Cc1ccc(/C(C=NCC2CCCCO2)=N/N)c(CC)c1. The third-order valence-corrected chi connectivity index (χ3v) is 4.11. The second kappa shape index (κ2) is 9.89. The Bertz CT molecular complexity index is 647. The van der Waals surface area contributed by atoms with Crippen molar-refractivity contribution in [1.82, 2.24) is 0 Å². The average Bonchev–Trinajstić information content (AvgIpc) is 2.64. The molecule has 1 heterocycles. The Morgan fingerprint density at radius 2 is 2.25 bits per heavy atom. The summed E-state index contributed by atoms with van der Waals surface area (Å²) < 4.78 is 5.70. The van der Waals surface area contributed by atoms with E-state index in [9.17, 15) is 0 Å². The molecule has 1 fully saturated rings. The maximum atomic E-state index is 5.70. The molecule has 2 N–H and O–H groups in total. The number of nitrogens with two attached hydrogens (primary N) is 1. The quantitative estimate of drug-likeness (QED) is 0.391. The van der Waals surface area contributed by atoms with Crippen LogP contribution < -0.4 is 5.84 Å². The van der Waals surface area contributed by atoms with E-state index < -0.39 is 0 Å². The second-order valence-corrected chi connectivity index (χ2v) is 5.88. The summed E-state index contributed by atoms with van der Waals surface area (Å²) in [6.07, 6.45) is 7.21. The summed E-state index contributed by atoms with van der Waals surface area (Å²) in [5.41, 5.74) is 3.94. The van der Waals surface area contributed by atoms with Crippen molar-refractivity contribution in [2.24, 2.45) is 15.9 Å². The maximum absolute atomic E-state index is 5.70. The van der Waals surface area contributed by atoms with Crippen molar-refractivity contribution < 1.29 is 4.74 Å². The Balaban J connectivity index is 2.11. The largest absolute Gasteiger partial charge is 0.376 e. The summed E-state index contributed by atoms with van der Waals surface area (Å²) in [7, 11) is 0. The van der Waals surface area contributed by atoms with Gasteiger partial charge in [0.2, 0.25) is 0 Å². The highest BCUT2D eigenvalue weighted by Gasteiger charge is 2.13. The van der Waals surface area contributed by atoms with Crippen LogP contribution in [-0.2, 0) is 11.2 Å². The summed E-state index contributed by atoms with van der Waals surface area (Å²) in [5.74, 6) is 11.9. The van der Waals surface area contributed by atoms with Gasteiger partial charge in [-0.2, -0.15) is 5.10 Å². The molecule has 1 aromatic rings. The molecule has 0 aromatic heterocycles. The highest BCUT2D eigenvalue weighted by Crippen LogP contribution is 2.15. The normalized spacial score (nSPS) is 18.4. The molecule has 1 unspecified atom stereocenters. The van der Waals surface area contributed by atoms with Crippen LogP contribution in [0.4, 0.5) is 0 Å². The lowest BCUT2D eigenvalue weighted by Crippen LogP contribution is -2.22. The first kappa shape index (κ1) is 18.2. The Labute approximate surface area is 145 Å². The predicted octanol–water partition coefficient (Wildman–Crippen LogP) is 3.31. The minimum absolute atomic E-state index is 0.228. The van der Waals surface area contributed by atoms with Crippen LogP contribution >= 0.6 is 0 Å². The van der Waals surface area contributed by atoms with Crippen LogP contribution in [0, 0.1) is 11.8 Å². The van der Waals surface area contributed by atoms with E-state index in [1.807, 2.05) is 19.1 Å². The fraction of sp³-hybridized carbons (Fsp3) is 0.500. The summed E-state index contributed by atoms with van der Waals surface area (Å²) in [6.45, 7) is 5.68. The predicted molar refractivity (Wildman–Crippen MR) is 101 cm³/mol. The van der Waals surface area contributed by atoms with Crippen LogP contribution in [0.5, 0.6) is 0 Å². The molecule has 4 nitrogen and oxygen atoms in total. The second-order valence-electron chi connectivity index (χ2n) is 5.88. The molecule has 24 heavy (non-hydrogen) atoms. The molecule has 0 aliphatic carbocycles. The Hall–Kier alpha value is -2.12. The standard InChI is InChI=1S/C20H27N3O/c1-3-5-8-16-10-11-19(17(4-2)13-16)20(23-21)15-22-14-18-9-6-7-12-24-18/h10-11,13,15,18H,3-4,6-7,9,12,14,21H2,1-2H3/b22-15?,23-20+. The number of hydrogen-bond acceptors (Lipinski definition) is 4. The van der Waals surface area contributed by atoms with Crippen molar-refractivity contribution >= 4 is 11.9 Å². The van der Waals surface area contributed by atoms with Gasteiger partial charge in [0.15, 0.2) is 0 Å². The van der Waals surface area contributed by atoms with Gasteiger partial charge in [-0.15, -0.1) is 0 Å². The van der Waals surface area contributed by atoms with E-state index in [0.717, 1.165) is 43.4 Å². The van der Waals surface area contributed by atoms with Gasteiger partial charge in [-0.25, -0.2) is 0 Å². The first-order chi connectivity index (χ1) is 11.8. The molecule has 128 valence electrons. The maximum Gasteiger partial charge on any atom is 0.108 e. The Morgan fingerprint density at radius 1 is 1.38 bits per heavy atom. The van der Waals surface area contributed by atoms with E-state index in [4.69, 9.17) is 10.6 Å². The minimum Gasteiger partial charge on any atom is -0.376 e. The third kappa shape index (κ3) is 5.21. The molecule has 2 rings (SSSR count). The van der Waals surface area contributed by atoms with E-state index in [1.54, 1.807) is 6.21 Å². The lowest BCUT2D eigenvalue weighted by atomic mass is 9.98. The smallest absolute Gasteiger partial charge is 0.108 e. The van der Waals surface area contributed by atoms with Gasteiger partial charge in [-0.05, 0) is 43.4 Å². The zero-order valence-electron chi connectivity index (χ0n) is 14.7. The fourth-order valence-electron chi connectivity index (χ4n) is 2.78. The molecular weight excluding hydrogens is 298 g/mol. The van der Waals surface area contributed by atoms with Crippen LogP contribution in [0.2, 0.25) is 0 Å². The lowest BCUT2D eigenvalue weighted by molar-refractivity contribution is 0.0226. The summed E-state index contributed by atoms with van der Waals surface area (Å²) in [6, 6.07) is 6.16. The number of hydrazone groups is 1. The summed E-state index contributed by atoms with van der Waals surface area (Å²) >= 11 is 0. The first-order valence-corrected chi connectivity index (χ1v) is 8.80. The van der Waals surface area contributed by atoms with E-state index in [2.05, 4.69) is 34.9 Å². The van der Waals surface area contributed by atoms with Gasteiger partial charge in [0.05, 0.1) is 12.6 Å². The van der Waals surface area contributed by atoms with Crippen molar-refractivity contribution in [2.45, 2.75) is 52.1 Å². The number of aliphatic imine (C=N–C) groups is 1. The van der Waals surface area contributed by atoms with Gasteiger partial charge in [-0.3, -0.25) is 4.99 Å².